The minimum atomic E-state index is -0.188. The van der Waals surface area contributed by atoms with Crippen LogP contribution in [-0.2, 0) is 6.42 Å². The van der Waals surface area contributed by atoms with E-state index >= 15 is 0 Å². The average Bonchev–Trinajstić information content (AvgIpc) is 2.45. The van der Waals surface area contributed by atoms with Crippen LogP contribution in [-0.4, -0.2) is 0 Å². The SMILES string of the molecule is C=C(C)c1cccc(F)c1-c1ccc(CCCC)cc1. The molecule has 0 aliphatic heterocycles. The zero-order chi connectivity index (χ0) is 14.5. The van der Waals surface area contributed by atoms with Gasteiger partial charge in [-0.15, -0.1) is 0 Å². The van der Waals surface area contributed by atoms with Crippen LogP contribution in [0.25, 0.3) is 16.7 Å². The third-order valence-corrected chi connectivity index (χ3v) is 3.54. The Morgan fingerprint density at radius 1 is 1.10 bits per heavy atom. The van der Waals surface area contributed by atoms with Crippen molar-refractivity contribution in [3.8, 4) is 11.1 Å². The van der Waals surface area contributed by atoms with Gasteiger partial charge in [-0.05, 0) is 42.5 Å². The second kappa shape index (κ2) is 6.51. The van der Waals surface area contributed by atoms with Gasteiger partial charge in [0, 0.05) is 5.56 Å². The summed E-state index contributed by atoms with van der Waals surface area (Å²) < 4.78 is 14.2. The fourth-order valence-corrected chi connectivity index (χ4v) is 2.39. The molecule has 2 aromatic carbocycles. The van der Waals surface area contributed by atoms with Gasteiger partial charge in [0.2, 0.25) is 0 Å². The number of benzene rings is 2. The van der Waals surface area contributed by atoms with Crippen molar-refractivity contribution in [1.82, 2.24) is 0 Å². The molecule has 1 heteroatoms. The topological polar surface area (TPSA) is 0 Å². The summed E-state index contributed by atoms with van der Waals surface area (Å²) >= 11 is 0. The molecule has 20 heavy (non-hydrogen) atoms. The molecule has 2 aromatic rings. The zero-order valence-electron chi connectivity index (χ0n) is 12.2. The van der Waals surface area contributed by atoms with E-state index in [4.69, 9.17) is 0 Å². The summed E-state index contributed by atoms with van der Waals surface area (Å²) in [5.74, 6) is -0.188. The van der Waals surface area contributed by atoms with Crippen molar-refractivity contribution in [2.45, 2.75) is 33.1 Å². The van der Waals surface area contributed by atoms with Gasteiger partial charge in [-0.1, -0.05) is 61.9 Å². The highest BCUT2D eigenvalue weighted by atomic mass is 19.1. The summed E-state index contributed by atoms with van der Waals surface area (Å²) in [6, 6.07) is 13.4. The summed E-state index contributed by atoms with van der Waals surface area (Å²) in [4.78, 5) is 0. The molecule has 0 bridgehead atoms. The van der Waals surface area contributed by atoms with Crippen molar-refractivity contribution < 1.29 is 4.39 Å². The van der Waals surface area contributed by atoms with E-state index < -0.39 is 0 Å². The van der Waals surface area contributed by atoms with Crippen molar-refractivity contribution in [2.75, 3.05) is 0 Å². The fourth-order valence-electron chi connectivity index (χ4n) is 2.39. The molecule has 104 valence electrons. The van der Waals surface area contributed by atoms with Crippen LogP contribution in [0.5, 0.6) is 0 Å². The molecule has 0 radical (unpaired) electrons. The minimum absolute atomic E-state index is 0.188. The van der Waals surface area contributed by atoms with Crippen LogP contribution in [0.15, 0.2) is 49.0 Å². The Hall–Kier alpha value is -1.89. The van der Waals surface area contributed by atoms with Gasteiger partial charge in [0.15, 0.2) is 0 Å². The van der Waals surface area contributed by atoms with Crippen LogP contribution >= 0.6 is 0 Å². The fraction of sp³-hybridized carbons (Fsp3) is 0.263. The smallest absolute Gasteiger partial charge is 0.131 e. The first-order chi connectivity index (χ1) is 9.63. The van der Waals surface area contributed by atoms with E-state index in [1.807, 2.05) is 25.1 Å². The van der Waals surface area contributed by atoms with Crippen LogP contribution in [0.2, 0.25) is 0 Å². The normalized spacial score (nSPS) is 10.6. The number of halogens is 1. The Morgan fingerprint density at radius 2 is 1.80 bits per heavy atom. The second-order valence-electron chi connectivity index (χ2n) is 5.24. The van der Waals surface area contributed by atoms with E-state index in [9.17, 15) is 4.39 Å². The molecule has 0 aliphatic rings. The largest absolute Gasteiger partial charge is 0.206 e. The van der Waals surface area contributed by atoms with Crippen molar-refractivity contribution in [1.29, 1.82) is 0 Å². The third kappa shape index (κ3) is 3.16. The Kier molecular flexibility index (Phi) is 4.73. The quantitative estimate of drug-likeness (QED) is 0.636. The number of hydrogen-bond donors (Lipinski definition) is 0. The molecule has 0 aromatic heterocycles. The lowest BCUT2D eigenvalue weighted by Gasteiger charge is -2.11. The Bertz CT molecular complexity index is 594. The van der Waals surface area contributed by atoms with Gasteiger partial charge in [-0.3, -0.25) is 0 Å². The van der Waals surface area contributed by atoms with Crippen molar-refractivity contribution in [3.63, 3.8) is 0 Å². The van der Waals surface area contributed by atoms with Gasteiger partial charge < -0.3 is 0 Å². The maximum atomic E-state index is 14.2. The number of rotatable bonds is 5. The van der Waals surface area contributed by atoms with E-state index in [0.29, 0.717) is 5.56 Å². The summed E-state index contributed by atoms with van der Waals surface area (Å²) in [5, 5.41) is 0. The zero-order valence-corrected chi connectivity index (χ0v) is 12.2. The molecule has 0 saturated heterocycles. The van der Waals surface area contributed by atoms with Gasteiger partial charge in [0.25, 0.3) is 0 Å². The molecule has 0 unspecified atom stereocenters. The maximum Gasteiger partial charge on any atom is 0.131 e. The minimum Gasteiger partial charge on any atom is -0.206 e. The summed E-state index contributed by atoms with van der Waals surface area (Å²) in [6.07, 6.45) is 3.46. The van der Waals surface area contributed by atoms with E-state index in [2.05, 4.69) is 25.6 Å². The van der Waals surface area contributed by atoms with Crippen LogP contribution < -0.4 is 0 Å². The number of aryl methyl sites for hydroxylation is 1. The molecule has 0 aliphatic carbocycles. The van der Waals surface area contributed by atoms with Crippen LogP contribution in [0.4, 0.5) is 4.39 Å². The monoisotopic (exact) mass is 268 g/mol. The van der Waals surface area contributed by atoms with Crippen molar-refractivity contribution >= 4 is 5.57 Å². The molecule has 0 heterocycles. The standard InChI is InChI=1S/C19H21F/c1-4-5-7-15-10-12-16(13-11-15)19-17(14(2)3)8-6-9-18(19)20/h6,8-13H,2,4-5,7H2,1,3H3. The van der Waals surface area contributed by atoms with E-state index in [1.54, 1.807) is 6.07 Å². The lowest BCUT2D eigenvalue weighted by atomic mass is 9.94. The second-order valence-corrected chi connectivity index (χ2v) is 5.24. The molecule has 0 fully saturated rings. The van der Waals surface area contributed by atoms with Crippen molar-refractivity contribution in [3.05, 3.63) is 66.0 Å². The number of unbranched alkanes of at least 4 members (excludes halogenated alkanes) is 1. The van der Waals surface area contributed by atoms with Crippen LogP contribution in [0.3, 0.4) is 0 Å². The van der Waals surface area contributed by atoms with E-state index in [0.717, 1.165) is 23.1 Å². The summed E-state index contributed by atoms with van der Waals surface area (Å²) in [7, 11) is 0. The number of hydrogen-bond acceptors (Lipinski definition) is 0. The lowest BCUT2D eigenvalue weighted by Crippen LogP contribution is -1.92. The van der Waals surface area contributed by atoms with Crippen molar-refractivity contribution in [2.24, 2.45) is 0 Å². The van der Waals surface area contributed by atoms with E-state index in [1.165, 1.54) is 24.5 Å². The number of allylic oxidation sites excluding steroid dienone is 1. The first kappa shape index (κ1) is 14.5. The molecular formula is C19H21F. The first-order valence-electron chi connectivity index (χ1n) is 7.17. The first-order valence-corrected chi connectivity index (χ1v) is 7.17. The van der Waals surface area contributed by atoms with Gasteiger partial charge in [-0.25, -0.2) is 4.39 Å². The average molecular weight is 268 g/mol. The molecule has 0 atom stereocenters. The highest BCUT2D eigenvalue weighted by Crippen LogP contribution is 2.31. The Labute approximate surface area is 121 Å². The predicted molar refractivity (Wildman–Crippen MR) is 85.2 cm³/mol. The lowest BCUT2D eigenvalue weighted by molar-refractivity contribution is 0.631. The molecule has 0 saturated carbocycles. The predicted octanol–water partition coefficient (Wildman–Crippen LogP) is 5.87. The van der Waals surface area contributed by atoms with Gasteiger partial charge in [-0.2, -0.15) is 0 Å². The van der Waals surface area contributed by atoms with Gasteiger partial charge >= 0.3 is 0 Å². The molecular weight excluding hydrogens is 247 g/mol. The maximum absolute atomic E-state index is 14.2. The van der Waals surface area contributed by atoms with Gasteiger partial charge in [0.1, 0.15) is 5.82 Å². The highest BCUT2D eigenvalue weighted by molar-refractivity contribution is 5.80. The van der Waals surface area contributed by atoms with Gasteiger partial charge in [0.05, 0.1) is 0 Å². The Morgan fingerprint density at radius 3 is 2.40 bits per heavy atom. The third-order valence-electron chi connectivity index (χ3n) is 3.54. The summed E-state index contributed by atoms with van der Waals surface area (Å²) in [6.45, 7) is 8.04. The molecule has 2 rings (SSSR count). The summed E-state index contributed by atoms with van der Waals surface area (Å²) in [5.41, 5.74) is 4.65. The molecule has 0 nitrogen and oxygen atoms in total. The van der Waals surface area contributed by atoms with Crippen LogP contribution in [0.1, 0.15) is 37.8 Å². The Balaban J connectivity index is 2.39. The molecule has 0 spiro atoms. The highest BCUT2D eigenvalue weighted by Gasteiger charge is 2.11. The molecule has 0 N–H and O–H groups in total. The van der Waals surface area contributed by atoms with Crippen LogP contribution in [0, 0.1) is 5.82 Å². The molecule has 0 amide bonds. The van der Waals surface area contributed by atoms with E-state index in [-0.39, 0.29) is 5.82 Å².